The molecule has 0 aliphatic carbocycles. The second-order valence-electron chi connectivity index (χ2n) is 4.35. The van der Waals surface area contributed by atoms with Crippen molar-refractivity contribution in [2.24, 2.45) is 0 Å². The molecule has 0 unspecified atom stereocenters. The number of aryl methyl sites for hydroxylation is 2. The van der Waals surface area contributed by atoms with Crippen molar-refractivity contribution < 1.29 is 4.79 Å². The number of halogens is 2. The number of rotatable bonds is 2. The van der Waals surface area contributed by atoms with Crippen LogP contribution in [0.3, 0.4) is 0 Å². The summed E-state index contributed by atoms with van der Waals surface area (Å²) in [5.74, 6) is -0.0708. The van der Waals surface area contributed by atoms with Gasteiger partial charge in [-0.25, -0.2) is 0 Å². The van der Waals surface area contributed by atoms with Crippen LogP contribution < -0.4 is 5.32 Å². The highest BCUT2D eigenvalue weighted by molar-refractivity contribution is 14.1. The molecule has 0 aromatic heterocycles. The van der Waals surface area contributed by atoms with Crippen LogP contribution in [0, 0.1) is 17.4 Å². The Morgan fingerprint density at radius 1 is 1.16 bits per heavy atom. The maximum atomic E-state index is 12.3. The number of carbonyl (C=O) groups is 1. The summed E-state index contributed by atoms with van der Waals surface area (Å²) in [4.78, 5) is 12.3. The topological polar surface area (TPSA) is 29.1 Å². The van der Waals surface area contributed by atoms with Crippen molar-refractivity contribution in [3.05, 3.63) is 61.1 Å². The predicted octanol–water partition coefficient (Wildman–Crippen LogP) is 4.92. The largest absolute Gasteiger partial charge is 0.321 e. The second kappa shape index (κ2) is 6.05. The predicted molar refractivity (Wildman–Crippen MR) is 90.7 cm³/mol. The third-order valence-electron chi connectivity index (χ3n) is 2.85. The molecule has 0 atom stereocenters. The van der Waals surface area contributed by atoms with Crippen molar-refractivity contribution in [1.29, 1.82) is 0 Å². The maximum absolute atomic E-state index is 12.3. The Morgan fingerprint density at radius 2 is 1.74 bits per heavy atom. The molecule has 19 heavy (non-hydrogen) atoms. The van der Waals surface area contributed by atoms with E-state index < -0.39 is 0 Å². The van der Waals surface area contributed by atoms with Crippen LogP contribution in [0.2, 0.25) is 0 Å². The quantitative estimate of drug-likeness (QED) is 0.674. The van der Waals surface area contributed by atoms with E-state index in [2.05, 4.69) is 43.8 Å². The lowest BCUT2D eigenvalue weighted by Gasteiger charge is -2.13. The zero-order valence-corrected chi connectivity index (χ0v) is 14.4. The van der Waals surface area contributed by atoms with E-state index in [4.69, 9.17) is 0 Å². The highest BCUT2D eigenvalue weighted by Gasteiger charge is 2.12. The first kappa shape index (κ1) is 14.5. The van der Waals surface area contributed by atoms with Crippen LogP contribution in [0.15, 0.2) is 40.9 Å². The molecule has 0 aliphatic heterocycles. The third kappa shape index (κ3) is 3.36. The summed E-state index contributed by atoms with van der Waals surface area (Å²) in [7, 11) is 0. The monoisotopic (exact) mass is 429 g/mol. The van der Waals surface area contributed by atoms with E-state index in [0.29, 0.717) is 5.56 Å². The lowest BCUT2D eigenvalue weighted by molar-refractivity contribution is 0.102. The van der Waals surface area contributed by atoms with Crippen LogP contribution in [-0.4, -0.2) is 5.91 Å². The number of nitrogens with one attached hydrogen (secondary N) is 1. The van der Waals surface area contributed by atoms with Crippen LogP contribution in [0.25, 0.3) is 0 Å². The molecule has 0 bridgehead atoms. The molecule has 2 aromatic rings. The average Bonchev–Trinajstić information content (AvgIpc) is 2.34. The smallest absolute Gasteiger partial charge is 0.256 e. The molecule has 0 saturated carbocycles. The Morgan fingerprint density at radius 3 is 2.32 bits per heavy atom. The minimum atomic E-state index is -0.0708. The fourth-order valence-corrected chi connectivity index (χ4v) is 3.25. The molecule has 0 aliphatic rings. The van der Waals surface area contributed by atoms with Gasteiger partial charge in [-0.1, -0.05) is 28.1 Å². The van der Waals surface area contributed by atoms with E-state index in [1.165, 1.54) is 0 Å². The summed E-state index contributed by atoms with van der Waals surface area (Å²) in [5.41, 5.74) is 3.68. The van der Waals surface area contributed by atoms with Crippen LogP contribution in [-0.2, 0) is 0 Å². The minimum Gasteiger partial charge on any atom is -0.321 e. The van der Waals surface area contributed by atoms with E-state index in [1.807, 2.05) is 50.2 Å². The van der Waals surface area contributed by atoms with Gasteiger partial charge in [0.2, 0.25) is 0 Å². The third-order valence-corrected chi connectivity index (χ3v) is 4.25. The van der Waals surface area contributed by atoms with Crippen molar-refractivity contribution >= 4 is 50.1 Å². The first-order valence-electron chi connectivity index (χ1n) is 5.81. The summed E-state index contributed by atoms with van der Waals surface area (Å²) >= 11 is 5.63. The fourth-order valence-electron chi connectivity index (χ4n) is 1.93. The number of hydrogen-bond donors (Lipinski definition) is 1. The van der Waals surface area contributed by atoms with Crippen molar-refractivity contribution in [1.82, 2.24) is 0 Å². The lowest BCUT2D eigenvalue weighted by atomic mass is 10.1. The molecule has 0 spiro atoms. The second-order valence-corrected chi connectivity index (χ2v) is 6.43. The van der Waals surface area contributed by atoms with Gasteiger partial charge in [-0.2, -0.15) is 0 Å². The van der Waals surface area contributed by atoms with Gasteiger partial charge < -0.3 is 5.32 Å². The Hall–Kier alpha value is -0.880. The molecule has 0 heterocycles. The summed E-state index contributed by atoms with van der Waals surface area (Å²) < 4.78 is 1.97. The van der Waals surface area contributed by atoms with E-state index in [9.17, 15) is 4.79 Å². The zero-order valence-electron chi connectivity index (χ0n) is 10.6. The molecular weight excluding hydrogens is 417 g/mol. The Bertz CT molecular complexity index is 617. The van der Waals surface area contributed by atoms with Crippen LogP contribution >= 0.6 is 38.5 Å². The molecule has 0 fully saturated rings. The van der Waals surface area contributed by atoms with Gasteiger partial charge in [-0.3, -0.25) is 4.79 Å². The molecule has 0 saturated heterocycles. The van der Waals surface area contributed by atoms with Crippen LogP contribution in [0.1, 0.15) is 21.5 Å². The Labute approximate surface area is 134 Å². The molecule has 1 N–H and O–H groups in total. The Balaban J connectivity index is 2.32. The first-order chi connectivity index (χ1) is 8.99. The standard InChI is InChI=1S/C15H13BrINO/c1-9-7-11(16)8-10(2)14(9)18-15(19)12-5-3-4-6-13(12)17/h3-8H,1-2H3,(H,18,19). The number of amides is 1. The number of carbonyl (C=O) groups excluding carboxylic acids is 1. The normalized spacial score (nSPS) is 10.3. The minimum absolute atomic E-state index is 0.0708. The van der Waals surface area contributed by atoms with E-state index >= 15 is 0 Å². The summed E-state index contributed by atoms with van der Waals surface area (Å²) in [6, 6.07) is 11.6. The highest BCUT2D eigenvalue weighted by atomic mass is 127. The van der Waals surface area contributed by atoms with Crippen molar-refractivity contribution in [3.63, 3.8) is 0 Å². The SMILES string of the molecule is Cc1cc(Br)cc(C)c1NC(=O)c1ccccc1I. The van der Waals surface area contributed by atoms with Gasteiger partial charge >= 0.3 is 0 Å². The molecule has 0 radical (unpaired) electrons. The van der Waals surface area contributed by atoms with E-state index in [-0.39, 0.29) is 5.91 Å². The number of benzene rings is 2. The van der Waals surface area contributed by atoms with Crippen LogP contribution in [0.5, 0.6) is 0 Å². The number of hydrogen-bond acceptors (Lipinski definition) is 1. The molecule has 4 heteroatoms. The van der Waals surface area contributed by atoms with Crippen LogP contribution in [0.4, 0.5) is 5.69 Å². The van der Waals surface area contributed by atoms with E-state index in [0.717, 1.165) is 24.9 Å². The summed E-state index contributed by atoms with van der Waals surface area (Å²) in [6.07, 6.45) is 0. The Kier molecular flexibility index (Phi) is 4.62. The fraction of sp³-hybridized carbons (Fsp3) is 0.133. The van der Waals surface area contributed by atoms with Gasteiger partial charge in [0.15, 0.2) is 0 Å². The molecular formula is C15H13BrINO. The molecule has 2 nitrogen and oxygen atoms in total. The van der Waals surface area contributed by atoms with Crippen molar-refractivity contribution in [2.45, 2.75) is 13.8 Å². The molecule has 2 aromatic carbocycles. The molecule has 98 valence electrons. The number of anilines is 1. The van der Waals surface area contributed by atoms with Gasteiger partial charge in [-0.05, 0) is 71.8 Å². The molecule has 2 rings (SSSR count). The average molecular weight is 430 g/mol. The van der Waals surface area contributed by atoms with Gasteiger partial charge in [0.05, 0.1) is 5.56 Å². The molecule has 1 amide bonds. The van der Waals surface area contributed by atoms with Gasteiger partial charge in [0.25, 0.3) is 5.91 Å². The van der Waals surface area contributed by atoms with Gasteiger partial charge in [0, 0.05) is 13.7 Å². The van der Waals surface area contributed by atoms with Crippen molar-refractivity contribution in [3.8, 4) is 0 Å². The van der Waals surface area contributed by atoms with E-state index in [1.54, 1.807) is 0 Å². The highest BCUT2D eigenvalue weighted by Crippen LogP contribution is 2.26. The first-order valence-corrected chi connectivity index (χ1v) is 7.69. The summed E-state index contributed by atoms with van der Waals surface area (Å²) in [6.45, 7) is 3.98. The lowest BCUT2D eigenvalue weighted by Crippen LogP contribution is -2.15. The van der Waals surface area contributed by atoms with Crippen molar-refractivity contribution in [2.75, 3.05) is 5.32 Å². The van der Waals surface area contributed by atoms with Gasteiger partial charge in [0.1, 0.15) is 0 Å². The maximum Gasteiger partial charge on any atom is 0.256 e. The van der Waals surface area contributed by atoms with Gasteiger partial charge in [-0.15, -0.1) is 0 Å². The summed E-state index contributed by atoms with van der Waals surface area (Å²) in [5, 5.41) is 3.00. The zero-order chi connectivity index (χ0) is 14.0.